The normalized spacial score (nSPS) is 17.2. The number of aliphatic hydroxyl groups is 1. The SMILES string of the molecule is [CH2]C(CO)c1cc(OCC)ccc1C1CC1. The summed E-state index contributed by atoms with van der Waals surface area (Å²) in [4.78, 5) is 0. The fourth-order valence-corrected chi connectivity index (χ4v) is 2.03. The molecule has 0 heterocycles. The van der Waals surface area contributed by atoms with Gasteiger partial charge in [0, 0.05) is 12.5 Å². The molecule has 1 aromatic carbocycles. The zero-order valence-corrected chi connectivity index (χ0v) is 9.78. The lowest BCUT2D eigenvalue weighted by molar-refractivity contribution is 0.281. The summed E-state index contributed by atoms with van der Waals surface area (Å²) in [6.07, 6.45) is 2.53. The van der Waals surface area contributed by atoms with Crippen molar-refractivity contribution in [3.63, 3.8) is 0 Å². The lowest BCUT2D eigenvalue weighted by Gasteiger charge is -2.16. The maximum Gasteiger partial charge on any atom is 0.119 e. The van der Waals surface area contributed by atoms with E-state index in [1.54, 1.807) is 0 Å². The maximum atomic E-state index is 9.23. The first-order valence-electron chi connectivity index (χ1n) is 5.96. The molecule has 1 saturated carbocycles. The number of hydrogen-bond donors (Lipinski definition) is 1. The van der Waals surface area contributed by atoms with Crippen LogP contribution < -0.4 is 4.74 Å². The minimum Gasteiger partial charge on any atom is -0.494 e. The molecule has 0 bridgehead atoms. The van der Waals surface area contributed by atoms with Gasteiger partial charge < -0.3 is 9.84 Å². The van der Waals surface area contributed by atoms with Gasteiger partial charge in [0.25, 0.3) is 0 Å². The Hall–Kier alpha value is -1.02. The Balaban J connectivity index is 2.30. The first kappa shape index (κ1) is 11.5. The molecule has 1 unspecified atom stereocenters. The topological polar surface area (TPSA) is 29.5 Å². The summed E-state index contributed by atoms with van der Waals surface area (Å²) in [7, 11) is 0. The predicted molar refractivity (Wildman–Crippen MR) is 64.8 cm³/mol. The Morgan fingerprint density at radius 1 is 1.50 bits per heavy atom. The van der Waals surface area contributed by atoms with Gasteiger partial charge in [-0.05, 0) is 55.9 Å². The highest BCUT2D eigenvalue weighted by Crippen LogP contribution is 2.44. The number of rotatable bonds is 5. The maximum absolute atomic E-state index is 9.23. The minimum atomic E-state index is -0.0454. The summed E-state index contributed by atoms with van der Waals surface area (Å²) >= 11 is 0. The molecule has 1 aromatic rings. The quantitative estimate of drug-likeness (QED) is 0.825. The average molecular weight is 219 g/mol. The van der Waals surface area contributed by atoms with Crippen LogP contribution in [0.4, 0.5) is 0 Å². The summed E-state index contributed by atoms with van der Waals surface area (Å²) < 4.78 is 5.49. The van der Waals surface area contributed by atoms with Gasteiger partial charge >= 0.3 is 0 Å². The molecule has 1 aliphatic rings. The molecule has 2 heteroatoms. The monoisotopic (exact) mass is 219 g/mol. The van der Waals surface area contributed by atoms with Crippen molar-refractivity contribution < 1.29 is 9.84 Å². The number of ether oxygens (including phenoxy) is 1. The van der Waals surface area contributed by atoms with Crippen LogP contribution in [-0.4, -0.2) is 18.3 Å². The Morgan fingerprint density at radius 3 is 2.81 bits per heavy atom. The summed E-state index contributed by atoms with van der Waals surface area (Å²) in [5, 5.41) is 9.23. The summed E-state index contributed by atoms with van der Waals surface area (Å²) in [5.41, 5.74) is 2.49. The van der Waals surface area contributed by atoms with Crippen LogP contribution in [0.5, 0.6) is 5.75 Å². The highest BCUT2D eigenvalue weighted by molar-refractivity contribution is 5.42. The van der Waals surface area contributed by atoms with Crippen molar-refractivity contribution >= 4 is 0 Å². The van der Waals surface area contributed by atoms with Gasteiger partial charge in [0.1, 0.15) is 5.75 Å². The Labute approximate surface area is 97.3 Å². The van der Waals surface area contributed by atoms with Crippen molar-refractivity contribution in [2.24, 2.45) is 0 Å². The van der Waals surface area contributed by atoms with Crippen LogP contribution in [0.1, 0.15) is 42.7 Å². The summed E-state index contributed by atoms with van der Waals surface area (Å²) in [5.74, 6) is 1.52. The zero-order chi connectivity index (χ0) is 11.5. The molecule has 1 atom stereocenters. The molecule has 2 nitrogen and oxygen atoms in total. The third kappa shape index (κ3) is 2.38. The largest absolute Gasteiger partial charge is 0.494 e. The lowest BCUT2D eigenvalue weighted by Crippen LogP contribution is -2.04. The van der Waals surface area contributed by atoms with Gasteiger partial charge in [0.15, 0.2) is 0 Å². The molecular formula is C14H19O2. The van der Waals surface area contributed by atoms with Crippen molar-refractivity contribution in [3.05, 3.63) is 36.2 Å². The van der Waals surface area contributed by atoms with Crippen LogP contribution >= 0.6 is 0 Å². The molecule has 1 fully saturated rings. The van der Waals surface area contributed by atoms with Gasteiger partial charge in [0.05, 0.1) is 6.61 Å². The highest BCUT2D eigenvalue weighted by atomic mass is 16.5. The first-order valence-corrected chi connectivity index (χ1v) is 5.96. The smallest absolute Gasteiger partial charge is 0.119 e. The van der Waals surface area contributed by atoms with E-state index in [2.05, 4.69) is 13.0 Å². The Bertz CT molecular complexity index is 356. The fraction of sp³-hybridized carbons (Fsp3) is 0.500. The van der Waals surface area contributed by atoms with Gasteiger partial charge in [-0.15, -0.1) is 0 Å². The van der Waals surface area contributed by atoms with E-state index in [-0.39, 0.29) is 12.5 Å². The van der Waals surface area contributed by atoms with E-state index in [4.69, 9.17) is 4.74 Å². The Morgan fingerprint density at radius 2 is 2.25 bits per heavy atom. The van der Waals surface area contributed by atoms with Crippen LogP contribution in [0.25, 0.3) is 0 Å². The van der Waals surface area contributed by atoms with E-state index in [1.165, 1.54) is 18.4 Å². The molecule has 0 spiro atoms. The lowest BCUT2D eigenvalue weighted by atomic mass is 9.93. The van der Waals surface area contributed by atoms with E-state index in [0.29, 0.717) is 12.5 Å². The van der Waals surface area contributed by atoms with Gasteiger partial charge in [-0.2, -0.15) is 0 Å². The second-order valence-corrected chi connectivity index (χ2v) is 4.38. The number of hydrogen-bond acceptors (Lipinski definition) is 2. The molecule has 1 radical (unpaired) electrons. The van der Waals surface area contributed by atoms with Crippen LogP contribution in [-0.2, 0) is 0 Å². The molecule has 0 aromatic heterocycles. The van der Waals surface area contributed by atoms with E-state index in [1.807, 2.05) is 19.1 Å². The van der Waals surface area contributed by atoms with E-state index < -0.39 is 0 Å². The third-order valence-electron chi connectivity index (χ3n) is 3.05. The molecule has 2 rings (SSSR count). The van der Waals surface area contributed by atoms with E-state index in [0.717, 1.165) is 11.3 Å². The highest BCUT2D eigenvalue weighted by Gasteiger charge is 2.27. The molecule has 16 heavy (non-hydrogen) atoms. The summed E-state index contributed by atoms with van der Waals surface area (Å²) in [6.45, 7) is 6.73. The van der Waals surface area contributed by atoms with Crippen LogP contribution in [0.3, 0.4) is 0 Å². The van der Waals surface area contributed by atoms with Crippen LogP contribution in [0.15, 0.2) is 18.2 Å². The molecule has 1 N–H and O–H groups in total. The van der Waals surface area contributed by atoms with Gasteiger partial charge in [-0.25, -0.2) is 0 Å². The molecular weight excluding hydrogens is 200 g/mol. The first-order chi connectivity index (χ1) is 7.76. The molecule has 1 aliphatic carbocycles. The van der Waals surface area contributed by atoms with Gasteiger partial charge in [-0.3, -0.25) is 0 Å². The third-order valence-corrected chi connectivity index (χ3v) is 3.05. The van der Waals surface area contributed by atoms with Gasteiger partial charge in [0.2, 0.25) is 0 Å². The Kier molecular flexibility index (Phi) is 3.49. The van der Waals surface area contributed by atoms with Gasteiger partial charge in [-0.1, -0.05) is 6.07 Å². The minimum absolute atomic E-state index is 0.0454. The number of aliphatic hydroxyl groups excluding tert-OH is 1. The molecule has 0 amide bonds. The second-order valence-electron chi connectivity index (χ2n) is 4.38. The van der Waals surface area contributed by atoms with Crippen molar-refractivity contribution in [2.45, 2.75) is 31.6 Å². The predicted octanol–water partition coefficient (Wildman–Crippen LogP) is 2.87. The van der Waals surface area contributed by atoms with E-state index >= 15 is 0 Å². The van der Waals surface area contributed by atoms with Crippen LogP contribution in [0, 0.1) is 6.92 Å². The standard InChI is InChI=1S/C14H19O2/c1-3-16-12-6-7-13(11-4-5-11)14(8-12)10(2)9-15/h6-8,10-11,15H,2-5,9H2,1H3. The number of benzene rings is 1. The van der Waals surface area contributed by atoms with Crippen molar-refractivity contribution in [3.8, 4) is 5.75 Å². The molecule has 0 saturated heterocycles. The fourth-order valence-electron chi connectivity index (χ4n) is 2.03. The van der Waals surface area contributed by atoms with Crippen molar-refractivity contribution in [2.75, 3.05) is 13.2 Å². The van der Waals surface area contributed by atoms with Crippen molar-refractivity contribution in [1.82, 2.24) is 0 Å². The second kappa shape index (κ2) is 4.88. The molecule has 87 valence electrons. The zero-order valence-electron chi connectivity index (χ0n) is 9.78. The summed E-state index contributed by atoms with van der Waals surface area (Å²) in [6, 6.07) is 6.18. The van der Waals surface area contributed by atoms with E-state index in [9.17, 15) is 5.11 Å². The average Bonchev–Trinajstić information content (AvgIpc) is 3.12. The molecule has 0 aliphatic heterocycles. The van der Waals surface area contributed by atoms with Crippen molar-refractivity contribution in [1.29, 1.82) is 0 Å². The van der Waals surface area contributed by atoms with Crippen LogP contribution in [0.2, 0.25) is 0 Å².